The smallest absolute Gasteiger partial charge is 0.249 e. The minimum Gasteiger partial charge on any atom is -0.383 e. The van der Waals surface area contributed by atoms with Gasteiger partial charge in [-0.1, -0.05) is 19.3 Å². The molecule has 5 nitrogen and oxygen atoms in total. The van der Waals surface area contributed by atoms with Gasteiger partial charge in [-0.3, -0.25) is 9.59 Å². The van der Waals surface area contributed by atoms with E-state index in [-0.39, 0.29) is 17.9 Å². The molecule has 2 amide bonds. The number of ether oxygens (including phenoxy) is 1. The Hall–Kier alpha value is -1.10. The molecule has 1 heterocycles. The van der Waals surface area contributed by atoms with Crippen molar-refractivity contribution < 1.29 is 14.3 Å². The highest BCUT2D eigenvalue weighted by molar-refractivity contribution is 5.99. The molecule has 18 heavy (non-hydrogen) atoms. The van der Waals surface area contributed by atoms with E-state index in [4.69, 9.17) is 4.74 Å². The fraction of sp³-hybridized carbons (Fsp3) is 0.846. The molecule has 0 aromatic heterocycles. The number of rotatable bonds is 3. The Bertz CT molecular complexity index is 337. The number of hydrogen-bond donors (Lipinski definition) is 1. The molecule has 1 N–H and O–H groups in total. The van der Waals surface area contributed by atoms with Crippen LogP contribution < -0.4 is 5.32 Å². The van der Waals surface area contributed by atoms with Gasteiger partial charge in [0.25, 0.3) is 0 Å². The monoisotopic (exact) mass is 254 g/mol. The van der Waals surface area contributed by atoms with Crippen LogP contribution in [0.4, 0.5) is 0 Å². The number of hydrogen-bond acceptors (Lipinski definition) is 3. The number of nitrogens with zero attached hydrogens (tertiary/aromatic N) is 1. The molecular formula is C13H22N2O3. The van der Waals surface area contributed by atoms with E-state index in [0.29, 0.717) is 13.2 Å². The third-order valence-electron chi connectivity index (χ3n) is 4.12. The summed E-state index contributed by atoms with van der Waals surface area (Å²) >= 11 is 0. The van der Waals surface area contributed by atoms with Crippen molar-refractivity contribution in [3.8, 4) is 0 Å². The van der Waals surface area contributed by atoms with Crippen molar-refractivity contribution in [2.75, 3.05) is 20.3 Å². The number of nitrogens with one attached hydrogen (secondary N) is 1. The van der Waals surface area contributed by atoms with Gasteiger partial charge in [0.2, 0.25) is 11.8 Å². The van der Waals surface area contributed by atoms with Crippen LogP contribution in [0.3, 0.4) is 0 Å². The van der Waals surface area contributed by atoms with Gasteiger partial charge in [-0.25, -0.2) is 0 Å². The van der Waals surface area contributed by atoms with Crippen molar-refractivity contribution in [2.24, 2.45) is 0 Å². The average Bonchev–Trinajstić information content (AvgIpc) is 2.38. The maximum Gasteiger partial charge on any atom is 0.249 e. The van der Waals surface area contributed by atoms with E-state index < -0.39 is 5.54 Å². The summed E-state index contributed by atoms with van der Waals surface area (Å²) in [5.41, 5.74) is -0.629. The van der Waals surface area contributed by atoms with E-state index in [0.717, 1.165) is 32.1 Å². The number of carbonyl (C=O) groups excluding carboxylic acids is 2. The van der Waals surface area contributed by atoms with E-state index in [2.05, 4.69) is 5.32 Å². The van der Waals surface area contributed by atoms with Gasteiger partial charge in [0, 0.05) is 13.7 Å². The Balaban J connectivity index is 2.18. The van der Waals surface area contributed by atoms with Crippen LogP contribution in [-0.4, -0.2) is 48.6 Å². The summed E-state index contributed by atoms with van der Waals surface area (Å²) in [6.07, 6.45) is 4.72. The fourth-order valence-electron chi connectivity index (χ4n) is 2.97. The summed E-state index contributed by atoms with van der Waals surface area (Å²) in [5, 5.41) is 2.97. The van der Waals surface area contributed by atoms with Crippen LogP contribution in [0, 0.1) is 0 Å². The second-order valence-corrected chi connectivity index (χ2v) is 5.30. The summed E-state index contributed by atoms with van der Waals surface area (Å²) in [5.74, 6) is 0.0407. The molecule has 2 rings (SSSR count). The van der Waals surface area contributed by atoms with E-state index in [1.807, 2.05) is 0 Å². The number of carbonyl (C=O) groups is 2. The predicted molar refractivity (Wildman–Crippen MR) is 67.0 cm³/mol. The van der Waals surface area contributed by atoms with Crippen molar-refractivity contribution in [2.45, 2.75) is 50.6 Å². The van der Waals surface area contributed by atoms with Gasteiger partial charge in [0.05, 0.1) is 6.61 Å². The molecule has 2 aliphatic rings. The van der Waals surface area contributed by atoms with Crippen LogP contribution in [0.25, 0.3) is 0 Å². The lowest BCUT2D eigenvalue weighted by Gasteiger charge is -2.46. The fourth-order valence-corrected chi connectivity index (χ4v) is 2.97. The van der Waals surface area contributed by atoms with Crippen LogP contribution in [0.2, 0.25) is 0 Å². The predicted octanol–water partition coefficient (Wildman–Crippen LogP) is 0.683. The maximum atomic E-state index is 12.6. The molecule has 0 aromatic carbocycles. The zero-order valence-electron chi connectivity index (χ0n) is 11.2. The molecule has 1 unspecified atom stereocenters. The van der Waals surface area contributed by atoms with Crippen LogP contribution >= 0.6 is 0 Å². The van der Waals surface area contributed by atoms with Crippen LogP contribution in [-0.2, 0) is 14.3 Å². The first kappa shape index (κ1) is 13.3. The number of methoxy groups -OCH3 is 1. The Morgan fingerprint density at radius 1 is 1.33 bits per heavy atom. The van der Waals surface area contributed by atoms with Gasteiger partial charge in [0.1, 0.15) is 11.6 Å². The quantitative estimate of drug-likeness (QED) is 0.806. The third kappa shape index (κ3) is 2.23. The Morgan fingerprint density at radius 2 is 2.00 bits per heavy atom. The zero-order chi connectivity index (χ0) is 13.2. The van der Waals surface area contributed by atoms with E-state index in [1.54, 1.807) is 18.9 Å². The maximum absolute atomic E-state index is 12.6. The molecule has 1 saturated carbocycles. The lowest BCUT2D eigenvalue weighted by molar-refractivity contribution is -0.156. The molecule has 1 saturated heterocycles. The third-order valence-corrected chi connectivity index (χ3v) is 4.12. The lowest BCUT2D eigenvalue weighted by Crippen LogP contribution is -2.70. The summed E-state index contributed by atoms with van der Waals surface area (Å²) in [6.45, 7) is 2.74. The van der Waals surface area contributed by atoms with Crippen molar-refractivity contribution in [3.63, 3.8) is 0 Å². The van der Waals surface area contributed by atoms with Crippen LogP contribution in [0.1, 0.15) is 39.0 Å². The largest absolute Gasteiger partial charge is 0.383 e. The van der Waals surface area contributed by atoms with E-state index in [1.165, 1.54) is 0 Å². The Labute approximate surface area is 108 Å². The highest BCUT2D eigenvalue weighted by Crippen LogP contribution is 2.33. The van der Waals surface area contributed by atoms with Crippen molar-refractivity contribution in [1.82, 2.24) is 10.2 Å². The van der Waals surface area contributed by atoms with Crippen molar-refractivity contribution in [1.29, 1.82) is 0 Å². The molecule has 2 fully saturated rings. The lowest BCUT2D eigenvalue weighted by atomic mass is 9.78. The molecule has 0 radical (unpaired) electrons. The molecule has 102 valence electrons. The first-order chi connectivity index (χ1) is 8.60. The molecule has 1 spiro atoms. The molecule has 1 atom stereocenters. The first-order valence-electron chi connectivity index (χ1n) is 6.73. The first-order valence-corrected chi connectivity index (χ1v) is 6.73. The second-order valence-electron chi connectivity index (χ2n) is 5.30. The Morgan fingerprint density at radius 3 is 2.61 bits per heavy atom. The Kier molecular flexibility index (Phi) is 3.90. The summed E-state index contributed by atoms with van der Waals surface area (Å²) < 4.78 is 5.03. The average molecular weight is 254 g/mol. The minimum atomic E-state index is -0.629. The molecule has 0 aromatic rings. The molecule has 5 heteroatoms. The topological polar surface area (TPSA) is 58.6 Å². The zero-order valence-corrected chi connectivity index (χ0v) is 11.2. The van der Waals surface area contributed by atoms with Gasteiger partial charge >= 0.3 is 0 Å². The standard InChI is InChI=1S/C13H22N2O3/c1-10-11(16)14-13(6-4-3-5-7-13)12(17)15(10)8-9-18-2/h10H,3-9H2,1-2H3,(H,14,16). The van der Waals surface area contributed by atoms with Gasteiger partial charge in [-0.2, -0.15) is 0 Å². The second kappa shape index (κ2) is 5.26. The van der Waals surface area contributed by atoms with Gasteiger partial charge in [-0.05, 0) is 19.8 Å². The van der Waals surface area contributed by atoms with Crippen LogP contribution in [0.5, 0.6) is 0 Å². The molecular weight excluding hydrogens is 232 g/mol. The molecule has 1 aliphatic heterocycles. The van der Waals surface area contributed by atoms with Crippen LogP contribution in [0.15, 0.2) is 0 Å². The normalized spacial score (nSPS) is 27.4. The van der Waals surface area contributed by atoms with E-state index in [9.17, 15) is 9.59 Å². The number of piperazine rings is 1. The van der Waals surface area contributed by atoms with Crippen molar-refractivity contribution >= 4 is 11.8 Å². The molecule has 0 bridgehead atoms. The van der Waals surface area contributed by atoms with Gasteiger partial charge in [-0.15, -0.1) is 0 Å². The highest BCUT2D eigenvalue weighted by atomic mass is 16.5. The summed E-state index contributed by atoms with van der Waals surface area (Å²) in [4.78, 5) is 26.3. The number of amides is 2. The summed E-state index contributed by atoms with van der Waals surface area (Å²) in [6, 6.07) is -0.389. The van der Waals surface area contributed by atoms with Gasteiger partial charge in [0.15, 0.2) is 0 Å². The SMILES string of the molecule is COCCN1C(=O)C2(CCCCC2)NC(=O)C1C. The van der Waals surface area contributed by atoms with Crippen molar-refractivity contribution in [3.05, 3.63) is 0 Å². The summed E-state index contributed by atoms with van der Waals surface area (Å²) in [7, 11) is 1.61. The van der Waals surface area contributed by atoms with E-state index >= 15 is 0 Å². The molecule has 1 aliphatic carbocycles. The highest BCUT2D eigenvalue weighted by Gasteiger charge is 2.49. The minimum absolute atomic E-state index is 0.0346. The van der Waals surface area contributed by atoms with Gasteiger partial charge < -0.3 is 15.0 Å².